The van der Waals surface area contributed by atoms with Gasteiger partial charge < -0.3 is 0 Å². The molecule has 39 heavy (non-hydrogen) atoms. The topological polar surface area (TPSA) is 111 Å². The Balaban J connectivity index is 1.29. The number of rotatable bonds is 5. The van der Waals surface area contributed by atoms with Crippen molar-refractivity contribution in [3.63, 3.8) is 0 Å². The van der Waals surface area contributed by atoms with Crippen molar-refractivity contribution in [1.82, 2.24) is 15.3 Å². The number of fused-ring (bicyclic) bond motifs is 3. The van der Waals surface area contributed by atoms with Gasteiger partial charge in [-0.15, -0.1) is 0 Å². The predicted molar refractivity (Wildman–Crippen MR) is 150 cm³/mol. The Hall–Kier alpha value is -2.21. The molecule has 210 valence electrons. The van der Waals surface area contributed by atoms with Crippen LogP contribution >= 0.6 is 15.9 Å². The van der Waals surface area contributed by atoms with E-state index in [1.165, 1.54) is 4.44 Å². The van der Waals surface area contributed by atoms with Gasteiger partial charge in [0.25, 0.3) is 0 Å². The number of nitrogens with zero attached hydrogens (tertiary/aromatic N) is 2. The summed E-state index contributed by atoms with van der Waals surface area (Å²) >= 11 is 3.70. The molecule has 2 aliphatic heterocycles. The first-order chi connectivity index (χ1) is 18.6. The summed E-state index contributed by atoms with van der Waals surface area (Å²) in [6, 6.07) is 5.41. The normalized spacial score (nSPS) is 19.0. The Labute approximate surface area is 240 Å². The molecule has 0 radical (unpaired) electrons. The van der Waals surface area contributed by atoms with Gasteiger partial charge in [0.2, 0.25) is 0 Å². The van der Waals surface area contributed by atoms with Crippen molar-refractivity contribution in [3.8, 4) is 0 Å². The van der Waals surface area contributed by atoms with Crippen molar-refractivity contribution in [2.24, 2.45) is 0 Å². The van der Waals surface area contributed by atoms with Crippen LogP contribution in [0.15, 0.2) is 31.9 Å². The molecule has 10 nitrogen and oxygen atoms in total. The summed E-state index contributed by atoms with van der Waals surface area (Å²) in [5, 5.41) is 1.69. The first-order valence-electron chi connectivity index (χ1n) is 13.0. The SMILES string of the molecule is CC(C)(C)OC(=O)N1CCN(Cc2[se]c3c(ccc4cc(C(=O)NOC5CCCCO5)c(=O)oc43)c2Br)CC1. The van der Waals surface area contributed by atoms with E-state index in [0.29, 0.717) is 37.1 Å². The first kappa shape index (κ1) is 28.3. The molecule has 12 heteroatoms. The molecule has 1 N–H and O–H groups in total. The van der Waals surface area contributed by atoms with Crippen LogP contribution < -0.4 is 11.1 Å². The van der Waals surface area contributed by atoms with Crippen LogP contribution in [0.5, 0.6) is 0 Å². The fourth-order valence-electron chi connectivity index (χ4n) is 4.61. The number of piperazine rings is 1. The van der Waals surface area contributed by atoms with E-state index in [1.807, 2.05) is 32.9 Å². The van der Waals surface area contributed by atoms with E-state index in [1.54, 1.807) is 11.0 Å². The minimum absolute atomic E-state index is 0.0723. The molecule has 0 bridgehead atoms. The molecule has 4 heterocycles. The van der Waals surface area contributed by atoms with Gasteiger partial charge in [-0.3, -0.25) is 0 Å². The zero-order chi connectivity index (χ0) is 27.7. The van der Waals surface area contributed by atoms with Gasteiger partial charge in [0.1, 0.15) is 0 Å². The van der Waals surface area contributed by atoms with Crippen LogP contribution in [0.25, 0.3) is 20.6 Å². The summed E-state index contributed by atoms with van der Waals surface area (Å²) in [5.74, 6) is -0.656. The maximum absolute atomic E-state index is 12.8. The van der Waals surface area contributed by atoms with Crippen LogP contribution in [0.2, 0.25) is 0 Å². The van der Waals surface area contributed by atoms with Crippen LogP contribution in [-0.4, -0.2) is 81.0 Å². The fourth-order valence-corrected chi connectivity index (χ4v) is 8.35. The average Bonchev–Trinajstić information content (AvgIpc) is 3.22. The third kappa shape index (κ3) is 6.58. The third-order valence-electron chi connectivity index (χ3n) is 6.62. The number of nitrogens with one attached hydrogen (secondary N) is 1. The van der Waals surface area contributed by atoms with Gasteiger partial charge >= 0.3 is 241 Å². The van der Waals surface area contributed by atoms with Gasteiger partial charge in [0.05, 0.1) is 0 Å². The molecule has 3 aromatic rings. The minimum atomic E-state index is -0.708. The number of hydrogen-bond donors (Lipinski definition) is 1. The zero-order valence-electron chi connectivity index (χ0n) is 22.2. The number of ether oxygens (including phenoxy) is 2. The molecule has 1 atom stereocenters. The van der Waals surface area contributed by atoms with Crippen molar-refractivity contribution in [1.29, 1.82) is 0 Å². The second-order valence-electron chi connectivity index (χ2n) is 10.7. The van der Waals surface area contributed by atoms with Gasteiger partial charge in [0, 0.05) is 0 Å². The van der Waals surface area contributed by atoms with Gasteiger partial charge in [-0.2, -0.15) is 0 Å². The van der Waals surface area contributed by atoms with Crippen molar-refractivity contribution in [2.45, 2.75) is 58.5 Å². The summed E-state index contributed by atoms with van der Waals surface area (Å²) in [5.41, 5.74) is 1.51. The second-order valence-corrected chi connectivity index (χ2v) is 13.8. The molecule has 0 spiro atoms. The summed E-state index contributed by atoms with van der Waals surface area (Å²) in [4.78, 5) is 47.2. The Morgan fingerprint density at radius 1 is 1.18 bits per heavy atom. The van der Waals surface area contributed by atoms with Gasteiger partial charge in [0.15, 0.2) is 0 Å². The summed E-state index contributed by atoms with van der Waals surface area (Å²) in [6.45, 7) is 9.66. The number of benzene rings is 1. The van der Waals surface area contributed by atoms with E-state index in [4.69, 9.17) is 18.7 Å². The zero-order valence-corrected chi connectivity index (χ0v) is 25.5. The average molecular weight is 669 g/mol. The molecule has 1 unspecified atom stereocenters. The Bertz CT molecular complexity index is 1430. The third-order valence-corrected chi connectivity index (χ3v) is 10.6. The van der Waals surface area contributed by atoms with Crippen LogP contribution in [0.4, 0.5) is 4.79 Å². The van der Waals surface area contributed by atoms with Crippen LogP contribution in [0, 0.1) is 0 Å². The second kappa shape index (κ2) is 11.7. The Morgan fingerprint density at radius 3 is 2.64 bits per heavy atom. The molecular formula is C27H32BrN3O7Se. The fraction of sp³-hybridized carbons (Fsp3) is 0.519. The van der Waals surface area contributed by atoms with Gasteiger partial charge in [-0.25, -0.2) is 0 Å². The molecular weight excluding hydrogens is 637 g/mol. The maximum atomic E-state index is 12.8. The number of carbonyl (C=O) groups is 2. The molecule has 2 saturated heterocycles. The number of hydrogen-bond acceptors (Lipinski definition) is 8. The molecule has 0 saturated carbocycles. The predicted octanol–water partition coefficient (Wildman–Crippen LogP) is 4.01. The van der Waals surface area contributed by atoms with Crippen LogP contribution in [0.1, 0.15) is 54.8 Å². The Kier molecular flexibility index (Phi) is 8.51. The summed E-state index contributed by atoms with van der Waals surface area (Å²) in [6.07, 6.45) is 1.82. The number of halogens is 1. The van der Waals surface area contributed by atoms with E-state index in [2.05, 4.69) is 26.3 Å². The molecule has 2 aliphatic rings. The van der Waals surface area contributed by atoms with Crippen molar-refractivity contribution in [2.75, 3.05) is 32.8 Å². The van der Waals surface area contributed by atoms with Crippen molar-refractivity contribution < 1.29 is 28.3 Å². The van der Waals surface area contributed by atoms with E-state index in [-0.39, 0.29) is 26.2 Å². The molecule has 2 amide bonds. The first-order valence-corrected chi connectivity index (χ1v) is 15.6. The number of carbonyl (C=O) groups excluding carboxylic acids is 2. The van der Waals surface area contributed by atoms with E-state index in [9.17, 15) is 14.4 Å². The van der Waals surface area contributed by atoms with E-state index >= 15 is 0 Å². The van der Waals surface area contributed by atoms with E-state index < -0.39 is 23.4 Å². The molecule has 0 aliphatic carbocycles. The monoisotopic (exact) mass is 669 g/mol. The Morgan fingerprint density at radius 2 is 1.95 bits per heavy atom. The quantitative estimate of drug-likeness (QED) is 0.247. The summed E-state index contributed by atoms with van der Waals surface area (Å²) < 4.78 is 19.9. The van der Waals surface area contributed by atoms with Gasteiger partial charge in [-0.05, 0) is 0 Å². The molecule has 1 aromatic carbocycles. The van der Waals surface area contributed by atoms with E-state index in [0.717, 1.165) is 46.6 Å². The number of amides is 2. The van der Waals surface area contributed by atoms with Crippen LogP contribution in [-0.2, 0) is 20.9 Å². The van der Waals surface area contributed by atoms with Crippen molar-refractivity contribution in [3.05, 3.63) is 43.1 Å². The molecule has 2 fully saturated rings. The molecule has 5 rings (SSSR count). The standard InChI is InChI=1S/C27H32BrN3O7Se/c1-27(2,3)37-26(34)31-11-9-30(10-12-31)15-19-21(28)17-8-7-16-14-18(25(33)36-22(16)23(17)39-19)24(32)29-38-20-6-4-5-13-35-20/h7-8,14,20H,4-6,9-13,15H2,1-3H3,(H,29,32). The van der Waals surface area contributed by atoms with Crippen molar-refractivity contribution >= 4 is 63.0 Å². The van der Waals surface area contributed by atoms with Crippen LogP contribution in [0.3, 0.4) is 0 Å². The summed E-state index contributed by atoms with van der Waals surface area (Å²) in [7, 11) is 0. The molecule has 2 aromatic heterocycles. The number of hydroxylamine groups is 1. The van der Waals surface area contributed by atoms with Gasteiger partial charge in [-0.1, -0.05) is 0 Å².